The van der Waals surface area contributed by atoms with Gasteiger partial charge in [-0.2, -0.15) is 4.98 Å². The number of aromatic nitrogens is 4. The SMILES string of the molecule is COc1ccc(Cn2c(=O)n(C3CCN(CC(=O)N(C)C)C3)c3cnc(NCCCN4CCN(C)CC4)nc32)cc1. The van der Waals surface area contributed by atoms with Gasteiger partial charge < -0.3 is 24.8 Å². The second-order valence-corrected chi connectivity index (χ2v) is 11.4. The molecule has 1 aromatic carbocycles. The minimum atomic E-state index is -0.108. The zero-order chi connectivity index (χ0) is 28.9. The summed E-state index contributed by atoms with van der Waals surface area (Å²) in [6, 6.07) is 7.69. The number of carbonyl (C=O) groups excluding carboxylic acids is 1. The van der Waals surface area contributed by atoms with E-state index < -0.39 is 0 Å². The Morgan fingerprint density at radius 1 is 1.10 bits per heavy atom. The van der Waals surface area contributed by atoms with E-state index in [4.69, 9.17) is 9.72 Å². The van der Waals surface area contributed by atoms with E-state index in [2.05, 4.69) is 32.0 Å². The first-order chi connectivity index (χ1) is 19.8. The maximum atomic E-state index is 13.9. The number of likely N-dealkylation sites (tertiary alicyclic amines) is 1. The van der Waals surface area contributed by atoms with E-state index in [0.717, 1.165) is 75.5 Å². The Morgan fingerprint density at radius 2 is 1.85 bits per heavy atom. The Hall–Kier alpha value is -3.48. The molecule has 2 aromatic heterocycles. The van der Waals surface area contributed by atoms with Crippen LogP contribution in [0.3, 0.4) is 0 Å². The first kappa shape index (κ1) is 29.0. The number of methoxy groups -OCH3 is 1. The third-order valence-electron chi connectivity index (χ3n) is 8.20. The molecular weight excluding hydrogens is 522 g/mol. The summed E-state index contributed by atoms with van der Waals surface area (Å²) in [6.45, 7) is 8.36. The minimum Gasteiger partial charge on any atom is -0.497 e. The van der Waals surface area contributed by atoms with Gasteiger partial charge in [0.1, 0.15) is 11.3 Å². The molecule has 2 fully saturated rings. The first-order valence-electron chi connectivity index (χ1n) is 14.5. The number of imidazole rings is 1. The molecule has 0 radical (unpaired) electrons. The number of rotatable bonds is 11. The molecule has 1 N–H and O–H groups in total. The van der Waals surface area contributed by atoms with Gasteiger partial charge in [-0.25, -0.2) is 9.78 Å². The van der Waals surface area contributed by atoms with Gasteiger partial charge in [0, 0.05) is 59.9 Å². The van der Waals surface area contributed by atoms with Crippen molar-refractivity contribution in [2.24, 2.45) is 0 Å². The predicted octanol–water partition coefficient (Wildman–Crippen LogP) is 1.03. The second kappa shape index (κ2) is 13.0. The summed E-state index contributed by atoms with van der Waals surface area (Å²) in [5.74, 6) is 1.36. The molecule has 41 heavy (non-hydrogen) atoms. The molecule has 1 unspecified atom stereocenters. The zero-order valence-electron chi connectivity index (χ0n) is 24.8. The summed E-state index contributed by atoms with van der Waals surface area (Å²) < 4.78 is 8.87. The number of hydrogen-bond donors (Lipinski definition) is 1. The minimum absolute atomic E-state index is 0.0527. The van der Waals surface area contributed by atoms with Crippen molar-refractivity contribution in [3.63, 3.8) is 0 Å². The fourth-order valence-electron chi connectivity index (χ4n) is 5.63. The summed E-state index contributed by atoms with van der Waals surface area (Å²) in [4.78, 5) is 44.2. The van der Waals surface area contributed by atoms with Crippen molar-refractivity contribution in [1.82, 2.24) is 38.7 Å². The molecular formula is C29H43N9O3. The van der Waals surface area contributed by atoms with Crippen molar-refractivity contribution in [1.29, 1.82) is 0 Å². The second-order valence-electron chi connectivity index (χ2n) is 11.4. The van der Waals surface area contributed by atoms with E-state index >= 15 is 0 Å². The molecule has 0 spiro atoms. The summed E-state index contributed by atoms with van der Waals surface area (Å²) in [7, 11) is 7.34. The van der Waals surface area contributed by atoms with Crippen LogP contribution >= 0.6 is 0 Å². The van der Waals surface area contributed by atoms with E-state index in [1.165, 1.54) is 0 Å². The molecule has 0 aliphatic carbocycles. The third-order valence-corrected chi connectivity index (χ3v) is 8.20. The molecule has 1 atom stereocenters. The topological polar surface area (TPSA) is 104 Å². The standard InChI is InChI=1S/C29H43N9O3/c1-33(2)26(39)21-36-13-10-23(20-36)38-25-18-31-28(30-11-5-12-35-16-14-34(3)15-17-35)32-27(25)37(29(38)40)19-22-6-8-24(41-4)9-7-22/h6-9,18,23H,5,10-17,19-21H2,1-4H3,(H,30,31,32). The highest BCUT2D eigenvalue weighted by atomic mass is 16.5. The normalized spacial score (nSPS) is 18.7. The predicted molar refractivity (Wildman–Crippen MR) is 160 cm³/mol. The van der Waals surface area contributed by atoms with Crippen molar-refractivity contribution in [2.75, 3.05) is 92.5 Å². The van der Waals surface area contributed by atoms with Crippen molar-refractivity contribution in [2.45, 2.75) is 25.4 Å². The van der Waals surface area contributed by atoms with Crippen LogP contribution in [0.15, 0.2) is 35.3 Å². The fraction of sp³-hybridized carbons (Fsp3) is 0.586. The van der Waals surface area contributed by atoms with Gasteiger partial charge in [0.05, 0.1) is 32.4 Å². The number of nitrogens with zero attached hydrogens (tertiary/aromatic N) is 8. The summed E-state index contributed by atoms with van der Waals surface area (Å²) >= 11 is 0. The van der Waals surface area contributed by atoms with Crippen LogP contribution < -0.4 is 15.7 Å². The lowest BCUT2D eigenvalue weighted by Gasteiger charge is -2.32. The summed E-state index contributed by atoms with van der Waals surface area (Å²) in [5, 5.41) is 3.38. The van der Waals surface area contributed by atoms with Gasteiger partial charge in [0.2, 0.25) is 11.9 Å². The van der Waals surface area contributed by atoms with Crippen LogP contribution in [0, 0.1) is 0 Å². The molecule has 0 bridgehead atoms. The highest BCUT2D eigenvalue weighted by molar-refractivity contribution is 5.77. The van der Waals surface area contributed by atoms with Gasteiger partial charge in [-0.15, -0.1) is 0 Å². The van der Waals surface area contributed by atoms with Crippen molar-refractivity contribution >= 4 is 23.0 Å². The molecule has 0 saturated carbocycles. The molecule has 222 valence electrons. The number of anilines is 1. The number of piperazine rings is 1. The number of benzene rings is 1. The number of ether oxygens (including phenoxy) is 1. The van der Waals surface area contributed by atoms with Crippen LogP contribution in [0.4, 0.5) is 5.95 Å². The highest BCUT2D eigenvalue weighted by Gasteiger charge is 2.30. The molecule has 5 rings (SSSR count). The van der Waals surface area contributed by atoms with Crippen molar-refractivity contribution in [3.05, 3.63) is 46.5 Å². The smallest absolute Gasteiger partial charge is 0.330 e. The van der Waals surface area contributed by atoms with Gasteiger partial charge in [-0.1, -0.05) is 12.1 Å². The van der Waals surface area contributed by atoms with E-state index in [1.54, 1.807) is 36.9 Å². The van der Waals surface area contributed by atoms with E-state index in [-0.39, 0.29) is 17.6 Å². The number of hydrogen-bond acceptors (Lipinski definition) is 9. The Kier molecular flexibility index (Phi) is 9.21. The largest absolute Gasteiger partial charge is 0.497 e. The van der Waals surface area contributed by atoms with Crippen molar-refractivity contribution < 1.29 is 9.53 Å². The average Bonchev–Trinajstić information content (AvgIpc) is 3.53. The van der Waals surface area contributed by atoms with E-state index in [0.29, 0.717) is 31.2 Å². The molecule has 12 heteroatoms. The molecule has 3 aromatic rings. The molecule has 2 aliphatic heterocycles. The Labute approximate surface area is 241 Å². The Morgan fingerprint density at radius 3 is 2.56 bits per heavy atom. The maximum absolute atomic E-state index is 13.9. The highest BCUT2D eigenvalue weighted by Crippen LogP contribution is 2.25. The molecule has 2 saturated heterocycles. The quantitative estimate of drug-likeness (QED) is 0.342. The number of carbonyl (C=O) groups is 1. The molecule has 2 aliphatic rings. The Bertz CT molecular complexity index is 1380. The fourth-order valence-corrected chi connectivity index (χ4v) is 5.63. The van der Waals surface area contributed by atoms with Crippen LogP contribution in [-0.4, -0.2) is 132 Å². The summed E-state index contributed by atoms with van der Waals surface area (Å²) in [6.07, 6.45) is 3.55. The van der Waals surface area contributed by atoms with Crippen LogP contribution in [-0.2, 0) is 11.3 Å². The number of fused-ring (bicyclic) bond motifs is 1. The monoisotopic (exact) mass is 565 g/mol. The molecule has 4 heterocycles. The van der Waals surface area contributed by atoms with Gasteiger partial charge >= 0.3 is 5.69 Å². The number of likely N-dealkylation sites (N-methyl/N-ethyl adjacent to an activating group) is 2. The number of amides is 1. The maximum Gasteiger partial charge on any atom is 0.330 e. The number of nitrogens with one attached hydrogen (secondary N) is 1. The van der Waals surface area contributed by atoms with E-state index in [1.807, 2.05) is 28.8 Å². The average molecular weight is 566 g/mol. The van der Waals surface area contributed by atoms with Crippen LogP contribution in [0.2, 0.25) is 0 Å². The van der Waals surface area contributed by atoms with Crippen molar-refractivity contribution in [3.8, 4) is 5.75 Å². The van der Waals surface area contributed by atoms with E-state index in [9.17, 15) is 9.59 Å². The third kappa shape index (κ3) is 6.88. The summed E-state index contributed by atoms with van der Waals surface area (Å²) in [5.41, 5.74) is 2.21. The first-order valence-corrected chi connectivity index (χ1v) is 14.5. The Balaban J connectivity index is 1.36. The van der Waals surface area contributed by atoms with Gasteiger partial charge in [-0.05, 0) is 44.1 Å². The molecule has 1 amide bonds. The van der Waals surface area contributed by atoms with Crippen LogP contribution in [0.5, 0.6) is 5.75 Å². The molecule has 12 nitrogen and oxygen atoms in total. The van der Waals surface area contributed by atoms with Gasteiger partial charge in [0.25, 0.3) is 0 Å². The lowest BCUT2D eigenvalue weighted by atomic mass is 10.2. The van der Waals surface area contributed by atoms with Crippen LogP contribution in [0.25, 0.3) is 11.2 Å². The lowest BCUT2D eigenvalue weighted by Crippen LogP contribution is -2.44. The zero-order valence-corrected chi connectivity index (χ0v) is 24.8. The van der Waals surface area contributed by atoms with Gasteiger partial charge in [-0.3, -0.25) is 18.8 Å². The lowest BCUT2D eigenvalue weighted by molar-refractivity contribution is -0.129. The van der Waals surface area contributed by atoms with Crippen LogP contribution in [0.1, 0.15) is 24.4 Å². The van der Waals surface area contributed by atoms with Gasteiger partial charge in [0.15, 0.2) is 5.65 Å².